The van der Waals surface area contributed by atoms with Gasteiger partial charge >= 0.3 is 0 Å². The Labute approximate surface area is 110 Å². The first-order valence-electron chi connectivity index (χ1n) is 6.31. The SMILES string of the molecule is NC(=O)c1c(F)c(-c2cccnc2)n2c1CCCC2. The van der Waals surface area contributed by atoms with Crippen molar-refractivity contribution in [1.29, 1.82) is 0 Å². The maximum absolute atomic E-state index is 14.5. The molecular weight excluding hydrogens is 245 g/mol. The van der Waals surface area contributed by atoms with Crippen LogP contribution in [0.25, 0.3) is 11.3 Å². The van der Waals surface area contributed by atoms with Crippen LogP contribution in [0.15, 0.2) is 24.5 Å². The van der Waals surface area contributed by atoms with Crippen LogP contribution in [0.2, 0.25) is 0 Å². The summed E-state index contributed by atoms with van der Waals surface area (Å²) in [5.74, 6) is -1.21. The number of amides is 1. The van der Waals surface area contributed by atoms with Crippen molar-refractivity contribution in [1.82, 2.24) is 9.55 Å². The number of primary amides is 1. The average molecular weight is 259 g/mol. The van der Waals surface area contributed by atoms with E-state index in [9.17, 15) is 9.18 Å². The number of rotatable bonds is 2. The Morgan fingerprint density at radius 1 is 1.42 bits per heavy atom. The summed E-state index contributed by atoms with van der Waals surface area (Å²) >= 11 is 0. The quantitative estimate of drug-likeness (QED) is 0.898. The Morgan fingerprint density at radius 2 is 2.26 bits per heavy atom. The molecule has 0 saturated heterocycles. The zero-order valence-corrected chi connectivity index (χ0v) is 10.4. The molecule has 5 heteroatoms. The fraction of sp³-hybridized carbons (Fsp3) is 0.286. The Balaban J connectivity index is 2.28. The van der Waals surface area contributed by atoms with Crippen molar-refractivity contribution in [2.24, 2.45) is 5.73 Å². The highest BCUT2D eigenvalue weighted by molar-refractivity contribution is 5.96. The third kappa shape index (κ3) is 1.82. The molecule has 0 aliphatic carbocycles. The number of carbonyl (C=O) groups excluding carboxylic acids is 1. The van der Waals surface area contributed by atoms with Crippen LogP contribution in [0.5, 0.6) is 0 Å². The van der Waals surface area contributed by atoms with Gasteiger partial charge in [-0.05, 0) is 31.4 Å². The van der Waals surface area contributed by atoms with E-state index in [0.29, 0.717) is 24.2 Å². The molecule has 0 aromatic carbocycles. The first-order chi connectivity index (χ1) is 9.20. The minimum absolute atomic E-state index is 0.0403. The minimum atomic E-state index is -0.696. The molecule has 0 unspecified atom stereocenters. The number of halogens is 1. The first kappa shape index (κ1) is 11.9. The molecule has 0 bridgehead atoms. The van der Waals surface area contributed by atoms with Crippen molar-refractivity contribution >= 4 is 5.91 Å². The predicted octanol–water partition coefficient (Wildman–Crippen LogP) is 2.12. The third-order valence-electron chi connectivity index (χ3n) is 3.54. The van der Waals surface area contributed by atoms with E-state index in [2.05, 4.69) is 4.98 Å². The highest BCUT2D eigenvalue weighted by Gasteiger charge is 2.28. The summed E-state index contributed by atoms with van der Waals surface area (Å²) in [5, 5.41) is 0. The number of nitrogens with two attached hydrogens (primary N) is 1. The Bertz CT molecular complexity index is 634. The van der Waals surface area contributed by atoms with E-state index >= 15 is 0 Å². The molecule has 0 atom stereocenters. The second-order valence-electron chi connectivity index (χ2n) is 4.70. The van der Waals surface area contributed by atoms with E-state index in [1.165, 1.54) is 0 Å². The lowest BCUT2D eigenvalue weighted by Crippen LogP contribution is -2.17. The van der Waals surface area contributed by atoms with Crippen molar-refractivity contribution < 1.29 is 9.18 Å². The fourth-order valence-electron chi connectivity index (χ4n) is 2.74. The van der Waals surface area contributed by atoms with E-state index in [4.69, 9.17) is 5.73 Å². The van der Waals surface area contributed by atoms with Gasteiger partial charge in [0.1, 0.15) is 0 Å². The van der Waals surface area contributed by atoms with Crippen LogP contribution in [0.1, 0.15) is 28.9 Å². The first-order valence-corrected chi connectivity index (χ1v) is 6.31. The summed E-state index contributed by atoms with van der Waals surface area (Å²) in [6.45, 7) is 0.712. The Hall–Kier alpha value is -2.17. The smallest absolute Gasteiger partial charge is 0.253 e. The molecule has 98 valence electrons. The number of fused-ring (bicyclic) bond motifs is 1. The molecule has 3 rings (SSSR count). The van der Waals surface area contributed by atoms with Crippen LogP contribution in [-0.2, 0) is 13.0 Å². The molecule has 1 aliphatic heterocycles. The van der Waals surface area contributed by atoms with Gasteiger partial charge < -0.3 is 10.3 Å². The maximum atomic E-state index is 14.5. The molecule has 0 radical (unpaired) electrons. The summed E-state index contributed by atoms with van der Waals surface area (Å²) in [4.78, 5) is 15.5. The van der Waals surface area contributed by atoms with Crippen molar-refractivity contribution in [2.75, 3.05) is 0 Å². The summed E-state index contributed by atoms with van der Waals surface area (Å²) < 4.78 is 16.4. The van der Waals surface area contributed by atoms with Gasteiger partial charge in [0.25, 0.3) is 5.91 Å². The molecule has 4 nitrogen and oxygen atoms in total. The molecule has 0 fully saturated rings. The monoisotopic (exact) mass is 259 g/mol. The van der Waals surface area contributed by atoms with Crippen LogP contribution in [0.3, 0.4) is 0 Å². The maximum Gasteiger partial charge on any atom is 0.253 e. The topological polar surface area (TPSA) is 60.9 Å². The van der Waals surface area contributed by atoms with Gasteiger partial charge in [-0.1, -0.05) is 0 Å². The van der Waals surface area contributed by atoms with Gasteiger partial charge in [0, 0.05) is 30.2 Å². The van der Waals surface area contributed by atoms with Gasteiger partial charge in [-0.25, -0.2) is 4.39 Å². The summed E-state index contributed by atoms with van der Waals surface area (Å²) in [7, 11) is 0. The third-order valence-corrected chi connectivity index (χ3v) is 3.54. The molecule has 3 heterocycles. The summed E-state index contributed by atoms with van der Waals surface area (Å²) in [5.41, 5.74) is 7.18. The summed E-state index contributed by atoms with van der Waals surface area (Å²) in [6.07, 6.45) is 5.86. The highest BCUT2D eigenvalue weighted by Crippen LogP contribution is 2.33. The number of hydrogen-bond acceptors (Lipinski definition) is 2. The number of hydrogen-bond donors (Lipinski definition) is 1. The predicted molar refractivity (Wildman–Crippen MR) is 69.1 cm³/mol. The molecule has 2 aromatic rings. The number of carbonyl (C=O) groups is 1. The van der Waals surface area contributed by atoms with Gasteiger partial charge in [-0.3, -0.25) is 9.78 Å². The van der Waals surface area contributed by atoms with E-state index in [0.717, 1.165) is 18.5 Å². The molecule has 0 spiro atoms. The van der Waals surface area contributed by atoms with Crippen molar-refractivity contribution in [3.8, 4) is 11.3 Å². The molecule has 1 amide bonds. The normalized spacial score (nSPS) is 14.2. The lowest BCUT2D eigenvalue weighted by Gasteiger charge is -2.18. The molecular formula is C14H14FN3O. The van der Waals surface area contributed by atoms with Crippen LogP contribution < -0.4 is 5.73 Å². The largest absolute Gasteiger partial charge is 0.365 e. The van der Waals surface area contributed by atoms with Crippen molar-refractivity contribution in [2.45, 2.75) is 25.8 Å². The zero-order chi connectivity index (χ0) is 13.4. The van der Waals surface area contributed by atoms with E-state index in [-0.39, 0.29) is 5.56 Å². The Kier molecular flexibility index (Phi) is 2.81. The molecule has 0 saturated carbocycles. The van der Waals surface area contributed by atoms with Crippen molar-refractivity contribution in [3.63, 3.8) is 0 Å². The standard InChI is InChI=1S/C14H14FN3O/c15-12-11(14(16)19)10-5-1-2-7-18(10)13(12)9-4-3-6-17-8-9/h3-4,6,8H,1-2,5,7H2,(H2,16,19). The number of nitrogens with zero attached hydrogens (tertiary/aromatic N) is 2. The van der Waals surface area contributed by atoms with Gasteiger partial charge in [-0.2, -0.15) is 0 Å². The second-order valence-corrected chi connectivity index (χ2v) is 4.70. The average Bonchev–Trinajstić information content (AvgIpc) is 2.71. The van der Waals surface area contributed by atoms with E-state index in [1.807, 2.05) is 4.57 Å². The van der Waals surface area contributed by atoms with Crippen LogP contribution in [0.4, 0.5) is 4.39 Å². The molecule has 2 aromatic heterocycles. The molecule has 19 heavy (non-hydrogen) atoms. The van der Waals surface area contributed by atoms with Crippen LogP contribution in [-0.4, -0.2) is 15.5 Å². The minimum Gasteiger partial charge on any atom is -0.365 e. The van der Waals surface area contributed by atoms with E-state index < -0.39 is 11.7 Å². The van der Waals surface area contributed by atoms with Gasteiger partial charge in [0.05, 0.1) is 11.3 Å². The highest BCUT2D eigenvalue weighted by atomic mass is 19.1. The van der Waals surface area contributed by atoms with Gasteiger partial charge in [0.2, 0.25) is 0 Å². The van der Waals surface area contributed by atoms with Gasteiger partial charge in [0.15, 0.2) is 5.82 Å². The zero-order valence-electron chi connectivity index (χ0n) is 10.4. The van der Waals surface area contributed by atoms with Gasteiger partial charge in [-0.15, -0.1) is 0 Å². The van der Waals surface area contributed by atoms with Crippen molar-refractivity contribution in [3.05, 3.63) is 41.6 Å². The van der Waals surface area contributed by atoms with E-state index in [1.54, 1.807) is 24.5 Å². The molecule has 1 aliphatic rings. The summed E-state index contributed by atoms with van der Waals surface area (Å²) in [6, 6.07) is 3.54. The second kappa shape index (κ2) is 4.50. The number of aromatic nitrogens is 2. The van der Waals surface area contributed by atoms with Crippen LogP contribution >= 0.6 is 0 Å². The number of pyridine rings is 1. The molecule has 2 N–H and O–H groups in total. The van der Waals surface area contributed by atoms with Crippen LogP contribution in [0, 0.1) is 5.82 Å². The lowest BCUT2D eigenvalue weighted by atomic mass is 10.1. The Morgan fingerprint density at radius 3 is 2.95 bits per heavy atom. The lowest BCUT2D eigenvalue weighted by molar-refractivity contribution is 0.0995. The fourth-order valence-corrected chi connectivity index (χ4v) is 2.74.